The van der Waals surface area contributed by atoms with Gasteiger partial charge in [0, 0.05) is 68.8 Å². The van der Waals surface area contributed by atoms with E-state index in [1.165, 1.54) is 26.6 Å². The molecule has 71 heavy (non-hydrogen) atoms. The number of aromatic nitrogens is 1. The molecule has 2 saturated heterocycles. The van der Waals surface area contributed by atoms with Gasteiger partial charge in [0.1, 0.15) is 30.3 Å². The summed E-state index contributed by atoms with van der Waals surface area (Å²) in [5.74, 6) is -4.23. The van der Waals surface area contributed by atoms with E-state index in [1.807, 2.05) is 46.8 Å². The van der Waals surface area contributed by atoms with Crippen LogP contribution in [0, 0.1) is 23.2 Å². The first-order chi connectivity index (χ1) is 33.0. The zero-order valence-corrected chi connectivity index (χ0v) is 44.6. The summed E-state index contributed by atoms with van der Waals surface area (Å²) < 4.78 is 48.2. The van der Waals surface area contributed by atoms with E-state index in [0.29, 0.717) is 23.6 Å². The number of rotatable bonds is 27. The van der Waals surface area contributed by atoms with Crippen LogP contribution in [0.25, 0.3) is 6.08 Å². The van der Waals surface area contributed by atoms with Crippen molar-refractivity contribution >= 4 is 25.7 Å². The Morgan fingerprint density at radius 1 is 1.06 bits per heavy atom. The predicted molar refractivity (Wildman–Crippen MR) is 266 cm³/mol. The van der Waals surface area contributed by atoms with E-state index in [1.54, 1.807) is 71.0 Å². The molecule has 10 N–H and O–H groups in total. The number of carbonyl (C=O) groups is 2. The number of aliphatic hydroxyl groups is 5. The van der Waals surface area contributed by atoms with E-state index < -0.39 is 110 Å². The summed E-state index contributed by atoms with van der Waals surface area (Å²) in [5, 5.41) is 58.3. The third-order valence-electron chi connectivity index (χ3n) is 14.1. The molecule has 3 heterocycles. The maximum absolute atomic E-state index is 12.6. The van der Waals surface area contributed by atoms with Gasteiger partial charge in [-0.1, -0.05) is 77.5 Å². The molecule has 1 aromatic heterocycles. The highest BCUT2D eigenvalue weighted by Crippen LogP contribution is 2.59. The summed E-state index contributed by atoms with van der Waals surface area (Å²) in [6.07, 6.45) is 3.69. The molecular formula is C50H83N4O16P. The van der Waals surface area contributed by atoms with Crippen LogP contribution in [-0.4, -0.2) is 165 Å². The van der Waals surface area contributed by atoms with Crippen molar-refractivity contribution in [2.75, 3.05) is 41.5 Å². The molecule has 1 unspecified atom stereocenters. The fraction of sp³-hybridized carbons (Fsp3) is 0.700. The quantitative estimate of drug-likeness (QED) is 0.0345. The summed E-state index contributed by atoms with van der Waals surface area (Å²) in [4.78, 5) is 50.4. The van der Waals surface area contributed by atoms with Crippen molar-refractivity contribution in [3.05, 3.63) is 71.0 Å². The Bertz CT molecular complexity index is 2080. The van der Waals surface area contributed by atoms with Crippen molar-refractivity contribution < 1.29 is 77.4 Å². The number of nitrogens with two attached hydrogens (primary N) is 1. The van der Waals surface area contributed by atoms with Crippen LogP contribution in [0.5, 0.6) is 0 Å². The average molecular weight is 1030 g/mol. The van der Waals surface area contributed by atoms with Gasteiger partial charge in [-0.15, -0.1) is 0 Å². The van der Waals surface area contributed by atoms with E-state index in [4.69, 9.17) is 33.6 Å². The molecule has 1 spiro atoms. The van der Waals surface area contributed by atoms with Gasteiger partial charge in [-0.3, -0.25) is 14.1 Å². The Kier molecular flexibility index (Phi) is 23.7. The maximum atomic E-state index is 12.6. The van der Waals surface area contributed by atoms with Crippen LogP contribution in [-0.2, 0) is 37.6 Å². The summed E-state index contributed by atoms with van der Waals surface area (Å²) in [7, 11) is 1.10. The van der Waals surface area contributed by atoms with E-state index in [9.17, 15) is 49.5 Å². The zero-order chi connectivity index (χ0) is 53.8. The fourth-order valence-electron chi connectivity index (χ4n) is 9.09. The lowest BCUT2D eigenvalue weighted by Gasteiger charge is -2.50. The molecule has 0 bridgehead atoms. The number of nitrogens with zero attached hydrogens (tertiary/aromatic N) is 2. The number of phosphoric acid groups is 1. The van der Waals surface area contributed by atoms with Crippen molar-refractivity contribution in [1.29, 1.82) is 0 Å². The molecule has 2 aliphatic heterocycles. The lowest BCUT2D eigenvalue weighted by atomic mass is 9.72. The Morgan fingerprint density at radius 3 is 2.31 bits per heavy atom. The number of likely N-dealkylation sites (N-methyl/N-ethyl adjacent to an activating group) is 1. The first-order valence-corrected chi connectivity index (χ1v) is 25.6. The standard InChI is InChI=1S/C50H83N4O16P/c1-28(22-41(51)57)16-14-17-29(2)31(4)23-32(5)42(58)34(7)37(55)24-40(66-13)45-46(70-71(62,63)64)49(8,9)50(69-45)25-38(56)33(6)39(68-50)19-15-18-35-26-67-48(53-35)30(3)20-21-52-47(61)44(60)43(59)36(27-65-12)54(10)11/h14-18,22-23,26,30,32-34,36-40,42-46,55-56,58-60H,19-21,24-25,27H2,1-13H3,(H2,51,57)(H,52,61)(H2,62,63,64)/b16-14+,18-15+,28-22+,29-17-,31-23+/t30-,32+,33-,34-,36-,37-,38+,39-,40-,42+,43-,44-,45+,46-,50?/m0/s1. The molecule has 0 aromatic carbocycles. The second-order valence-corrected chi connectivity index (χ2v) is 21.3. The van der Waals surface area contributed by atoms with Crippen LogP contribution in [0.15, 0.2) is 63.9 Å². The average Bonchev–Trinajstić information content (AvgIpc) is 3.83. The molecular weight excluding hydrogens is 944 g/mol. The van der Waals surface area contributed by atoms with E-state index in [-0.39, 0.29) is 38.3 Å². The number of carbonyl (C=O) groups excluding carboxylic acids is 2. The molecule has 0 aliphatic carbocycles. The number of oxazole rings is 1. The SMILES string of the molecule is COC[C@@H]([C@H](O)[C@H](O)C(=O)NCC[C@H](C)c1nc(/C=C/C[C@@H]2OC3(C[C@@H](O)[C@@H]2C)O[C@H]([C@H](C[C@H](O)[C@H](C)[C@H](O)[C@H](C)/C=C(C)/C(C)=C\C=C\C(C)=C\C(N)=O)OC)[C@H](OP(=O)(O)O)C3(C)C)co1)N(C)C. The number of phosphoric ester groups is 1. The molecule has 2 fully saturated rings. The van der Waals surface area contributed by atoms with E-state index in [2.05, 4.69) is 10.3 Å². The van der Waals surface area contributed by atoms with Crippen LogP contribution in [0.3, 0.4) is 0 Å². The summed E-state index contributed by atoms with van der Waals surface area (Å²) in [6.45, 7) is 16.4. The summed E-state index contributed by atoms with van der Waals surface area (Å²) in [5.41, 5.74) is 6.90. The van der Waals surface area contributed by atoms with Crippen molar-refractivity contribution in [2.24, 2.45) is 28.9 Å². The number of hydrogen-bond donors (Lipinski definition) is 9. The van der Waals surface area contributed by atoms with Gasteiger partial charge in [0.25, 0.3) is 5.91 Å². The van der Waals surface area contributed by atoms with Gasteiger partial charge in [-0.05, 0) is 64.9 Å². The zero-order valence-electron chi connectivity index (χ0n) is 43.7. The smallest absolute Gasteiger partial charge is 0.448 e. The number of amides is 2. The van der Waals surface area contributed by atoms with Crippen LogP contribution >= 0.6 is 7.82 Å². The van der Waals surface area contributed by atoms with Gasteiger partial charge >= 0.3 is 7.82 Å². The minimum Gasteiger partial charge on any atom is -0.448 e. The minimum atomic E-state index is -5.16. The van der Waals surface area contributed by atoms with Crippen molar-refractivity contribution in [3.63, 3.8) is 0 Å². The number of ether oxygens (including phenoxy) is 4. The second kappa shape index (κ2) is 27.2. The van der Waals surface area contributed by atoms with Crippen LogP contribution in [0.4, 0.5) is 0 Å². The number of aliphatic hydroxyl groups excluding tert-OH is 5. The largest absolute Gasteiger partial charge is 0.469 e. The molecule has 404 valence electrons. The Balaban J connectivity index is 1.74. The molecule has 2 amide bonds. The number of nitrogens with one attached hydrogen (secondary N) is 1. The normalized spacial score (nSPS) is 27.5. The number of allylic oxidation sites excluding steroid dienone is 6. The first kappa shape index (κ1) is 61.9. The fourth-order valence-corrected chi connectivity index (χ4v) is 9.77. The van der Waals surface area contributed by atoms with Gasteiger partial charge in [0.15, 0.2) is 17.8 Å². The topological polar surface area (TPSA) is 306 Å². The van der Waals surface area contributed by atoms with Gasteiger partial charge in [-0.2, -0.15) is 0 Å². The predicted octanol–water partition coefficient (Wildman–Crippen LogP) is 3.65. The number of primary amides is 1. The minimum absolute atomic E-state index is 0.0709. The van der Waals surface area contributed by atoms with Crippen molar-refractivity contribution in [3.8, 4) is 0 Å². The molecule has 20 nitrogen and oxygen atoms in total. The highest BCUT2D eigenvalue weighted by Gasteiger charge is 2.68. The molecule has 0 saturated carbocycles. The molecule has 2 aliphatic rings. The van der Waals surface area contributed by atoms with E-state index in [0.717, 1.165) is 11.1 Å². The molecule has 0 radical (unpaired) electrons. The second-order valence-electron chi connectivity index (χ2n) is 20.1. The monoisotopic (exact) mass is 1030 g/mol. The Morgan fingerprint density at radius 2 is 1.72 bits per heavy atom. The molecule has 15 atom stereocenters. The van der Waals surface area contributed by atoms with E-state index >= 15 is 0 Å². The maximum Gasteiger partial charge on any atom is 0.469 e. The van der Waals surface area contributed by atoms with Gasteiger partial charge in [0.05, 0.1) is 43.2 Å². The lowest BCUT2D eigenvalue weighted by Crippen LogP contribution is -2.58. The molecule has 1 aromatic rings. The van der Waals surface area contributed by atoms with Gasteiger partial charge in [0.2, 0.25) is 5.91 Å². The van der Waals surface area contributed by atoms with Crippen molar-refractivity contribution in [1.82, 2.24) is 15.2 Å². The highest BCUT2D eigenvalue weighted by atomic mass is 31.2. The van der Waals surface area contributed by atoms with Crippen LogP contribution in [0.1, 0.15) is 105 Å². The van der Waals surface area contributed by atoms with Crippen LogP contribution in [0.2, 0.25) is 0 Å². The summed E-state index contributed by atoms with van der Waals surface area (Å²) in [6, 6.07) is -0.597. The third-order valence-corrected chi connectivity index (χ3v) is 14.6. The van der Waals surface area contributed by atoms with Crippen LogP contribution < -0.4 is 11.1 Å². The number of methoxy groups -OCH3 is 2. The highest BCUT2D eigenvalue weighted by molar-refractivity contribution is 7.46. The molecule has 3 rings (SSSR count). The number of hydrogen-bond acceptors (Lipinski definition) is 16. The third kappa shape index (κ3) is 17.0. The lowest BCUT2D eigenvalue weighted by molar-refractivity contribution is -0.334. The summed E-state index contributed by atoms with van der Waals surface area (Å²) >= 11 is 0. The van der Waals surface area contributed by atoms with Gasteiger partial charge in [-0.25, -0.2) is 9.55 Å². The Hall–Kier alpha value is -3.44. The first-order valence-electron chi connectivity index (χ1n) is 24.1. The van der Waals surface area contributed by atoms with Crippen molar-refractivity contribution in [2.45, 2.75) is 161 Å². The van der Waals surface area contributed by atoms with Gasteiger partial charge < -0.3 is 74.6 Å². The Labute approximate surface area is 419 Å². The molecule has 21 heteroatoms.